The highest BCUT2D eigenvalue weighted by atomic mass is 19.1. The van der Waals surface area contributed by atoms with E-state index in [1.165, 1.54) is 13.8 Å². The normalized spacial score (nSPS) is 16.0. The predicted molar refractivity (Wildman–Crippen MR) is 35.3 cm³/mol. The first-order valence-corrected chi connectivity index (χ1v) is 3.10. The largest absolute Gasteiger partial charge is 0.390 e. The maximum absolute atomic E-state index is 12.4. The Kier molecular flexibility index (Phi) is 3.95. The van der Waals surface area contributed by atoms with E-state index in [1.54, 1.807) is 0 Å². The van der Waals surface area contributed by atoms with Crippen molar-refractivity contribution in [1.29, 1.82) is 0 Å². The maximum Gasteiger partial charge on any atom is 0.216 e. The van der Waals surface area contributed by atoms with Crippen LogP contribution in [-0.2, 0) is 4.79 Å². The van der Waals surface area contributed by atoms with E-state index in [4.69, 9.17) is 5.11 Å². The zero-order valence-corrected chi connectivity index (χ0v) is 6.10. The molecule has 0 aliphatic heterocycles. The molecular weight excluding hydrogens is 137 g/mol. The van der Waals surface area contributed by atoms with E-state index in [9.17, 15) is 9.18 Å². The molecule has 0 aromatic carbocycles. The van der Waals surface area contributed by atoms with Crippen LogP contribution >= 0.6 is 0 Å². The average Bonchev–Trinajstić information content (AvgIpc) is 1.82. The van der Waals surface area contributed by atoms with Gasteiger partial charge in [0.05, 0.1) is 12.6 Å². The van der Waals surface area contributed by atoms with E-state index in [2.05, 4.69) is 5.32 Å². The van der Waals surface area contributed by atoms with Gasteiger partial charge in [0.2, 0.25) is 5.91 Å². The molecule has 60 valence electrons. The minimum atomic E-state index is -1.37. The molecule has 1 amide bonds. The lowest BCUT2D eigenvalue weighted by Gasteiger charge is -2.10. The van der Waals surface area contributed by atoms with Crippen molar-refractivity contribution in [2.75, 3.05) is 6.54 Å². The van der Waals surface area contributed by atoms with Crippen LogP contribution in [0.2, 0.25) is 0 Å². The van der Waals surface area contributed by atoms with Crippen molar-refractivity contribution in [3.8, 4) is 0 Å². The van der Waals surface area contributed by atoms with E-state index < -0.39 is 12.3 Å². The summed E-state index contributed by atoms with van der Waals surface area (Å²) in [7, 11) is 0. The number of halogens is 1. The third-order valence-electron chi connectivity index (χ3n) is 1.07. The summed E-state index contributed by atoms with van der Waals surface area (Å²) in [6.07, 6.45) is -2.39. The second-order valence-corrected chi connectivity index (χ2v) is 2.19. The van der Waals surface area contributed by atoms with E-state index in [0.29, 0.717) is 0 Å². The molecule has 2 unspecified atom stereocenters. The fourth-order valence-electron chi connectivity index (χ4n) is 0.412. The lowest BCUT2D eigenvalue weighted by molar-refractivity contribution is -0.119. The second kappa shape index (κ2) is 4.22. The predicted octanol–water partition coefficient (Wildman–Crippen LogP) is -0.159. The molecule has 0 aromatic rings. The number of alkyl halides is 1. The highest BCUT2D eigenvalue weighted by Gasteiger charge is 2.12. The van der Waals surface area contributed by atoms with Crippen LogP contribution in [-0.4, -0.2) is 29.8 Å². The SMILES string of the molecule is CC(=O)NCC(F)C(C)O. The summed E-state index contributed by atoms with van der Waals surface area (Å²) in [6.45, 7) is 2.52. The third kappa shape index (κ3) is 4.26. The van der Waals surface area contributed by atoms with Crippen LogP contribution in [0.1, 0.15) is 13.8 Å². The molecule has 10 heavy (non-hydrogen) atoms. The van der Waals surface area contributed by atoms with Gasteiger partial charge in [0.25, 0.3) is 0 Å². The Morgan fingerprint density at radius 2 is 2.30 bits per heavy atom. The number of hydrogen-bond acceptors (Lipinski definition) is 2. The van der Waals surface area contributed by atoms with Gasteiger partial charge in [-0.2, -0.15) is 0 Å². The molecule has 0 saturated heterocycles. The number of carbonyl (C=O) groups excluding carboxylic acids is 1. The molecule has 0 aromatic heterocycles. The molecule has 2 atom stereocenters. The van der Waals surface area contributed by atoms with Crippen molar-refractivity contribution in [2.45, 2.75) is 26.1 Å². The molecule has 0 saturated carbocycles. The molecule has 0 spiro atoms. The van der Waals surface area contributed by atoms with Gasteiger partial charge < -0.3 is 10.4 Å². The zero-order chi connectivity index (χ0) is 8.15. The summed E-state index contributed by atoms with van der Waals surface area (Å²) in [4.78, 5) is 10.2. The van der Waals surface area contributed by atoms with Crippen LogP contribution in [0.4, 0.5) is 4.39 Å². The molecule has 0 rings (SSSR count). The van der Waals surface area contributed by atoms with Gasteiger partial charge in [-0.3, -0.25) is 4.79 Å². The minimum Gasteiger partial charge on any atom is -0.390 e. The van der Waals surface area contributed by atoms with Gasteiger partial charge in [0.1, 0.15) is 6.17 Å². The molecule has 0 fully saturated rings. The topological polar surface area (TPSA) is 49.3 Å². The van der Waals surface area contributed by atoms with Crippen molar-refractivity contribution < 1.29 is 14.3 Å². The summed E-state index contributed by atoms with van der Waals surface area (Å²) in [5.74, 6) is -0.289. The number of aliphatic hydroxyl groups excluding tert-OH is 1. The van der Waals surface area contributed by atoms with Crippen LogP contribution in [0.25, 0.3) is 0 Å². The monoisotopic (exact) mass is 149 g/mol. The van der Waals surface area contributed by atoms with Crippen LogP contribution < -0.4 is 5.32 Å². The first kappa shape index (κ1) is 9.36. The van der Waals surface area contributed by atoms with Crippen molar-refractivity contribution in [1.82, 2.24) is 5.32 Å². The standard InChI is InChI=1S/C6H12FNO2/c1-4(9)6(7)3-8-5(2)10/h4,6,9H,3H2,1-2H3,(H,8,10). The highest BCUT2D eigenvalue weighted by Crippen LogP contribution is 1.95. The molecular formula is C6H12FNO2. The minimum absolute atomic E-state index is 0.118. The number of nitrogens with one attached hydrogen (secondary N) is 1. The molecule has 4 heteroatoms. The number of carbonyl (C=O) groups is 1. The Balaban J connectivity index is 3.39. The summed E-state index contributed by atoms with van der Waals surface area (Å²) < 4.78 is 12.4. The Morgan fingerprint density at radius 1 is 1.80 bits per heavy atom. The van der Waals surface area contributed by atoms with Gasteiger partial charge in [-0.05, 0) is 6.92 Å². The number of hydrogen-bond donors (Lipinski definition) is 2. The number of aliphatic hydroxyl groups is 1. The van der Waals surface area contributed by atoms with E-state index in [1.807, 2.05) is 0 Å². The first-order valence-electron chi connectivity index (χ1n) is 3.10. The number of rotatable bonds is 3. The second-order valence-electron chi connectivity index (χ2n) is 2.19. The Bertz CT molecular complexity index is 116. The molecule has 0 bridgehead atoms. The fourth-order valence-corrected chi connectivity index (χ4v) is 0.412. The van der Waals surface area contributed by atoms with Crippen molar-refractivity contribution in [3.05, 3.63) is 0 Å². The lowest BCUT2D eigenvalue weighted by atomic mass is 10.2. The Labute approximate surface area is 59.2 Å². The van der Waals surface area contributed by atoms with Crippen molar-refractivity contribution in [3.63, 3.8) is 0 Å². The van der Waals surface area contributed by atoms with Crippen molar-refractivity contribution in [2.24, 2.45) is 0 Å². The summed E-state index contributed by atoms with van der Waals surface area (Å²) in [6, 6.07) is 0. The fraction of sp³-hybridized carbons (Fsp3) is 0.833. The number of amides is 1. The first-order chi connectivity index (χ1) is 4.54. The summed E-state index contributed by atoms with van der Waals surface area (Å²) in [5, 5.41) is 10.9. The van der Waals surface area contributed by atoms with Gasteiger partial charge in [-0.15, -0.1) is 0 Å². The Hall–Kier alpha value is -0.640. The maximum atomic E-state index is 12.4. The molecule has 3 nitrogen and oxygen atoms in total. The third-order valence-corrected chi connectivity index (χ3v) is 1.07. The average molecular weight is 149 g/mol. The molecule has 0 aliphatic rings. The van der Waals surface area contributed by atoms with Crippen molar-refractivity contribution >= 4 is 5.91 Å². The van der Waals surface area contributed by atoms with Gasteiger partial charge in [0, 0.05) is 6.92 Å². The lowest BCUT2D eigenvalue weighted by Crippen LogP contribution is -2.33. The van der Waals surface area contributed by atoms with E-state index in [-0.39, 0.29) is 12.5 Å². The summed E-state index contributed by atoms with van der Waals surface area (Å²) >= 11 is 0. The summed E-state index contributed by atoms with van der Waals surface area (Å²) in [5.41, 5.74) is 0. The molecule has 0 aliphatic carbocycles. The smallest absolute Gasteiger partial charge is 0.216 e. The van der Waals surface area contributed by atoms with Crippen LogP contribution in [0.15, 0.2) is 0 Å². The molecule has 0 radical (unpaired) electrons. The molecule has 2 N–H and O–H groups in total. The van der Waals surface area contributed by atoms with Crippen LogP contribution in [0, 0.1) is 0 Å². The molecule has 0 heterocycles. The zero-order valence-electron chi connectivity index (χ0n) is 6.10. The van der Waals surface area contributed by atoms with Gasteiger partial charge in [-0.1, -0.05) is 0 Å². The van der Waals surface area contributed by atoms with Crippen LogP contribution in [0.5, 0.6) is 0 Å². The van der Waals surface area contributed by atoms with E-state index in [0.717, 1.165) is 0 Å². The van der Waals surface area contributed by atoms with Crippen LogP contribution in [0.3, 0.4) is 0 Å². The highest BCUT2D eigenvalue weighted by molar-refractivity contribution is 5.72. The Morgan fingerprint density at radius 3 is 2.60 bits per heavy atom. The van der Waals surface area contributed by atoms with E-state index >= 15 is 0 Å². The van der Waals surface area contributed by atoms with Gasteiger partial charge in [-0.25, -0.2) is 4.39 Å². The van der Waals surface area contributed by atoms with Gasteiger partial charge >= 0.3 is 0 Å². The quantitative estimate of drug-likeness (QED) is 0.586. The van der Waals surface area contributed by atoms with Gasteiger partial charge in [0.15, 0.2) is 0 Å².